The van der Waals surface area contributed by atoms with E-state index in [1.807, 2.05) is 12.1 Å². The van der Waals surface area contributed by atoms with Gasteiger partial charge >= 0.3 is 0 Å². The smallest absolute Gasteiger partial charge is 0.238 e. The van der Waals surface area contributed by atoms with Crippen molar-refractivity contribution in [3.63, 3.8) is 0 Å². The van der Waals surface area contributed by atoms with Gasteiger partial charge in [-0.1, -0.05) is 6.92 Å². The van der Waals surface area contributed by atoms with E-state index >= 15 is 0 Å². The second-order valence-corrected chi connectivity index (χ2v) is 9.90. The normalized spacial score (nSPS) is 19.4. The molecule has 1 aromatic rings. The number of nitrogens with zero attached hydrogens (tertiary/aromatic N) is 6. The predicted molar refractivity (Wildman–Crippen MR) is 109 cm³/mol. The lowest BCUT2D eigenvalue weighted by Crippen LogP contribution is -2.51. The fourth-order valence-corrected chi connectivity index (χ4v) is 3.83. The van der Waals surface area contributed by atoms with Crippen LogP contribution < -0.4 is 9.80 Å². The molecule has 0 radical (unpaired) electrons. The van der Waals surface area contributed by atoms with E-state index in [1.54, 1.807) is 4.90 Å². The minimum Gasteiger partial charge on any atom is -0.355 e. The molecule has 10 heteroatoms. The number of carbonyl (C=O) groups is 1. The van der Waals surface area contributed by atoms with E-state index in [0.29, 0.717) is 26.2 Å². The Bertz CT molecular complexity index is 769. The molecule has 2 saturated heterocycles. The number of sulfonamides is 1. The number of hydrogen-bond donors (Lipinski definition) is 0. The summed E-state index contributed by atoms with van der Waals surface area (Å²) < 4.78 is 24.0. The maximum Gasteiger partial charge on any atom is 0.238 e. The van der Waals surface area contributed by atoms with Gasteiger partial charge in [-0.15, -0.1) is 10.2 Å². The van der Waals surface area contributed by atoms with Crippen LogP contribution in [-0.2, 0) is 14.8 Å². The third-order valence-electron chi connectivity index (χ3n) is 5.62. The first kappa shape index (κ1) is 20.8. The van der Waals surface area contributed by atoms with Gasteiger partial charge < -0.3 is 14.7 Å². The number of piperazine rings is 1. The molecule has 0 spiro atoms. The van der Waals surface area contributed by atoms with E-state index < -0.39 is 10.0 Å². The molecule has 0 bridgehead atoms. The number of rotatable bonds is 5. The zero-order valence-corrected chi connectivity index (χ0v) is 17.7. The van der Waals surface area contributed by atoms with E-state index in [2.05, 4.69) is 26.9 Å². The minimum atomic E-state index is -3.35. The Hall–Kier alpha value is -1.94. The first-order valence-electron chi connectivity index (χ1n) is 9.77. The first-order chi connectivity index (χ1) is 13.2. The monoisotopic (exact) mass is 410 g/mol. The molecule has 3 heterocycles. The molecule has 0 unspecified atom stereocenters. The number of aromatic nitrogens is 2. The summed E-state index contributed by atoms with van der Waals surface area (Å²) in [5.41, 5.74) is 0. The molecular weight excluding hydrogens is 380 g/mol. The van der Waals surface area contributed by atoms with Crippen LogP contribution in [0, 0.1) is 5.92 Å². The van der Waals surface area contributed by atoms with Gasteiger partial charge in [-0.05, 0) is 30.9 Å². The van der Waals surface area contributed by atoms with Gasteiger partial charge in [0.15, 0.2) is 11.6 Å². The molecule has 2 aliphatic heterocycles. The quantitative estimate of drug-likeness (QED) is 0.687. The molecule has 1 amide bonds. The average Bonchev–Trinajstić information content (AvgIpc) is 2.68. The number of likely N-dealkylation sites (N-methyl/N-ethyl adjacent to an activating group) is 1. The SMILES string of the molecule is CC1CCN(c2ccc(N3CCN(C(=O)CN(C)S(C)(=O)=O)CC3)nn2)CC1. The van der Waals surface area contributed by atoms with Crippen molar-refractivity contribution in [1.82, 2.24) is 19.4 Å². The summed E-state index contributed by atoms with van der Waals surface area (Å²) in [6.45, 7) is 6.62. The molecule has 156 valence electrons. The van der Waals surface area contributed by atoms with E-state index in [1.165, 1.54) is 19.9 Å². The maximum absolute atomic E-state index is 12.3. The molecule has 9 nitrogen and oxygen atoms in total. The van der Waals surface area contributed by atoms with E-state index in [4.69, 9.17) is 0 Å². The molecule has 28 heavy (non-hydrogen) atoms. The summed E-state index contributed by atoms with van der Waals surface area (Å²) in [7, 11) is -1.93. The Morgan fingerprint density at radius 2 is 1.54 bits per heavy atom. The number of amides is 1. The largest absolute Gasteiger partial charge is 0.355 e. The third-order valence-corrected chi connectivity index (χ3v) is 6.89. The van der Waals surface area contributed by atoms with Crippen molar-refractivity contribution in [2.45, 2.75) is 19.8 Å². The van der Waals surface area contributed by atoms with Gasteiger partial charge in [-0.2, -0.15) is 4.31 Å². The zero-order chi connectivity index (χ0) is 20.3. The summed E-state index contributed by atoms with van der Waals surface area (Å²) in [6.07, 6.45) is 3.48. The molecule has 1 aromatic heterocycles. The number of piperidine rings is 1. The molecule has 3 rings (SSSR count). The lowest BCUT2D eigenvalue weighted by atomic mass is 9.99. The van der Waals surface area contributed by atoms with Crippen LogP contribution in [0.2, 0.25) is 0 Å². The summed E-state index contributed by atoms with van der Waals surface area (Å²) in [5, 5.41) is 8.79. The molecular formula is C18H30N6O3S. The second-order valence-electron chi connectivity index (χ2n) is 7.81. The summed E-state index contributed by atoms with van der Waals surface area (Å²) in [5.74, 6) is 2.34. The number of carbonyl (C=O) groups excluding carboxylic acids is 1. The van der Waals surface area contributed by atoms with Crippen LogP contribution in [0.25, 0.3) is 0 Å². The summed E-state index contributed by atoms with van der Waals surface area (Å²) in [4.78, 5) is 18.4. The van der Waals surface area contributed by atoms with Gasteiger partial charge in [0.2, 0.25) is 15.9 Å². The van der Waals surface area contributed by atoms with Crippen LogP contribution in [0.3, 0.4) is 0 Å². The predicted octanol–water partition coefficient (Wildman–Crippen LogP) is 0.253. The van der Waals surface area contributed by atoms with Crippen LogP contribution >= 0.6 is 0 Å². The van der Waals surface area contributed by atoms with Gasteiger partial charge in [0.25, 0.3) is 0 Å². The van der Waals surface area contributed by atoms with Crippen molar-refractivity contribution in [2.24, 2.45) is 5.92 Å². The highest BCUT2D eigenvalue weighted by molar-refractivity contribution is 7.88. The zero-order valence-electron chi connectivity index (χ0n) is 16.9. The number of hydrogen-bond acceptors (Lipinski definition) is 7. The maximum atomic E-state index is 12.3. The summed E-state index contributed by atoms with van der Waals surface area (Å²) >= 11 is 0. The van der Waals surface area contributed by atoms with Crippen molar-refractivity contribution in [3.8, 4) is 0 Å². The Labute approximate surface area is 167 Å². The van der Waals surface area contributed by atoms with Crippen molar-refractivity contribution in [3.05, 3.63) is 12.1 Å². The van der Waals surface area contributed by atoms with Crippen LogP contribution in [0.15, 0.2) is 12.1 Å². The molecule has 0 N–H and O–H groups in total. The van der Waals surface area contributed by atoms with Gasteiger partial charge in [-0.3, -0.25) is 4.79 Å². The Morgan fingerprint density at radius 1 is 1.04 bits per heavy atom. The van der Waals surface area contributed by atoms with Crippen molar-refractivity contribution in [2.75, 3.05) is 68.9 Å². The standard InChI is InChI=1S/C18H30N6O3S/c1-15-6-8-22(9-7-15)16-4-5-17(20-19-16)23-10-12-24(13-11-23)18(25)14-21(2)28(3,26)27/h4-5,15H,6-14H2,1-3H3. The second kappa shape index (κ2) is 8.60. The summed E-state index contributed by atoms with van der Waals surface area (Å²) in [6, 6.07) is 4.02. The number of anilines is 2. The fourth-order valence-electron chi connectivity index (χ4n) is 3.49. The highest BCUT2D eigenvalue weighted by Crippen LogP contribution is 2.22. The molecule has 2 aliphatic rings. The highest BCUT2D eigenvalue weighted by Gasteiger charge is 2.25. The van der Waals surface area contributed by atoms with Gasteiger partial charge in [0.05, 0.1) is 12.8 Å². The Morgan fingerprint density at radius 3 is 2.00 bits per heavy atom. The molecule has 0 saturated carbocycles. The Kier molecular flexibility index (Phi) is 6.39. The van der Waals surface area contributed by atoms with E-state index in [9.17, 15) is 13.2 Å². The van der Waals surface area contributed by atoms with Gasteiger partial charge in [-0.25, -0.2) is 8.42 Å². The third kappa shape index (κ3) is 5.11. The lowest BCUT2D eigenvalue weighted by molar-refractivity contribution is -0.131. The fraction of sp³-hybridized carbons (Fsp3) is 0.722. The van der Waals surface area contributed by atoms with Crippen molar-refractivity contribution in [1.29, 1.82) is 0 Å². The topological polar surface area (TPSA) is 90.0 Å². The van der Waals surface area contributed by atoms with Crippen LogP contribution in [0.4, 0.5) is 11.6 Å². The first-order valence-corrected chi connectivity index (χ1v) is 11.6. The minimum absolute atomic E-state index is 0.123. The van der Waals surface area contributed by atoms with E-state index in [0.717, 1.165) is 41.2 Å². The molecule has 0 atom stereocenters. The lowest BCUT2D eigenvalue weighted by Gasteiger charge is -2.36. The van der Waals surface area contributed by atoms with Crippen LogP contribution in [-0.4, -0.2) is 92.8 Å². The Balaban J connectivity index is 1.51. The molecule has 0 aliphatic carbocycles. The van der Waals surface area contributed by atoms with Gasteiger partial charge in [0.1, 0.15) is 0 Å². The van der Waals surface area contributed by atoms with Crippen LogP contribution in [0.5, 0.6) is 0 Å². The van der Waals surface area contributed by atoms with Crippen molar-refractivity contribution < 1.29 is 13.2 Å². The molecule has 0 aromatic carbocycles. The molecule has 2 fully saturated rings. The average molecular weight is 411 g/mol. The van der Waals surface area contributed by atoms with E-state index in [-0.39, 0.29) is 12.5 Å². The highest BCUT2D eigenvalue weighted by atomic mass is 32.2. The van der Waals surface area contributed by atoms with Gasteiger partial charge in [0, 0.05) is 46.3 Å². The van der Waals surface area contributed by atoms with Crippen molar-refractivity contribution >= 4 is 27.6 Å². The van der Waals surface area contributed by atoms with Crippen LogP contribution in [0.1, 0.15) is 19.8 Å².